The first-order chi connectivity index (χ1) is 15.5. The van der Waals surface area contributed by atoms with Gasteiger partial charge in [0.1, 0.15) is 17.0 Å². The first-order valence-electron chi connectivity index (χ1n) is 11.4. The highest BCUT2D eigenvalue weighted by atomic mass is 32.1. The van der Waals surface area contributed by atoms with Gasteiger partial charge in [-0.1, -0.05) is 19.1 Å². The van der Waals surface area contributed by atoms with Crippen LogP contribution in [0.4, 0.5) is 5.82 Å². The van der Waals surface area contributed by atoms with Gasteiger partial charge >= 0.3 is 5.97 Å². The van der Waals surface area contributed by atoms with E-state index in [1.165, 1.54) is 28.5 Å². The molecule has 170 valence electrons. The molecule has 0 spiro atoms. The second-order valence-electron chi connectivity index (χ2n) is 8.65. The van der Waals surface area contributed by atoms with Crippen LogP contribution in [0.25, 0.3) is 10.2 Å². The Bertz CT molecular complexity index is 1070. The number of hydrogen-bond acceptors (Lipinski definition) is 7. The number of methoxy groups -OCH3 is 1. The summed E-state index contributed by atoms with van der Waals surface area (Å²) in [5, 5.41) is 4.95. The summed E-state index contributed by atoms with van der Waals surface area (Å²) in [6.07, 6.45) is 7.27. The Morgan fingerprint density at radius 1 is 1.19 bits per heavy atom. The Balaban J connectivity index is 1.34. The van der Waals surface area contributed by atoms with Crippen molar-refractivity contribution in [2.24, 2.45) is 0 Å². The molecule has 2 aromatic heterocycles. The Labute approximate surface area is 194 Å². The molecule has 0 radical (unpaired) electrons. The number of nitrogens with zero attached hydrogens (tertiary/aromatic N) is 3. The first-order valence-corrected chi connectivity index (χ1v) is 12.2. The van der Waals surface area contributed by atoms with Crippen molar-refractivity contribution in [2.45, 2.75) is 64.6 Å². The summed E-state index contributed by atoms with van der Waals surface area (Å²) >= 11 is 1.76. The van der Waals surface area contributed by atoms with E-state index in [0.29, 0.717) is 17.6 Å². The molecule has 0 atom stereocenters. The second kappa shape index (κ2) is 9.96. The van der Waals surface area contributed by atoms with E-state index in [0.717, 1.165) is 49.3 Å². The molecule has 0 aliphatic heterocycles. The van der Waals surface area contributed by atoms with E-state index in [1.54, 1.807) is 17.7 Å². The van der Waals surface area contributed by atoms with Crippen molar-refractivity contribution < 1.29 is 9.53 Å². The molecule has 6 nitrogen and oxygen atoms in total. The zero-order valence-electron chi connectivity index (χ0n) is 19.4. The molecule has 0 saturated heterocycles. The highest BCUT2D eigenvalue weighted by Crippen LogP contribution is 2.35. The minimum atomic E-state index is -0.291. The van der Waals surface area contributed by atoms with Gasteiger partial charge in [0.15, 0.2) is 0 Å². The molecule has 0 bridgehead atoms. The van der Waals surface area contributed by atoms with Crippen LogP contribution in [-0.2, 0) is 17.7 Å². The summed E-state index contributed by atoms with van der Waals surface area (Å²) < 4.78 is 4.78. The Kier molecular flexibility index (Phi) is 7.06. The van der Waals surface area contributed by atoms with E-state index < -0.39 is 0 Å². The largest absolute Gasteiger partial charge is 0.465 e. The summed E-state index contributed by atoms with van der Waals surface area (Å²) in [7, 11) is 3.61. The molecule has 2 heterocycles. The molecule has 1 aromatic carbocycles. The average molecular weight is 453 g/mol. The maximum absolute atomic E-state index is 11.6. The van der Waals surface area contributed by atoms with Crippen molar-refractivity contribution >= 4 is 33.3 Å². The van der Waals surface area contributed by atoms with Crippen LogP contribution in [0.15, 0.2) is 30.6 Å². The minimum Gasteiger partial charge on any atom is -0.465 e. The fourth-order valence-electron chi connectivity index (χ4n) is 4.77. The molecule has 0 unspecified atom stereocenters. The molecule has 7 heteroatoms. The maximum atomic E-state index is 11.6. The van der Waals surface area contributed by atoms with E-state index >= 15 is 0 Å². The monoisotopic (exact) mass is 452 g/mol. The lowest BCUT2D eigenvalue weighted by molar-refractivity contribution is 0.0600. The van der Waals surface area contributed by atoms with Gasteiger partial charge in [0, 0.05) is 23.5 Å². The fraction of sp³-hybridized carbons (Fsp3) is 0.480. The number of benzene rings is 1. The van der Waals surface area contributed by atoms with Crippen LogP contribution in [-0.4, -0.2) is 47.1 Å². The smallest absolute Gasteiger partial charge is 0.337 e. The topological polar surface area (TPSA) is 67.4 Å². The van der Waals surface area contributed by atoms with Crippen LogP contribution in [0.3, 0.4) is 0 Å². The molecule has 0 amide bonds. The molecule has 1 saturated carbocycles. The van der Waals surface area contributed by atoms with E-state index in [2.05, 4.69) is 41.1 Å². The van der Waals surface area contributed by atoms with Crippen LogP contribution < -0.4 is 5.32 Å². The van der Waals surface area contributed by atoms with Crippen molar-refractivity contribution in [1.29, 1.82) is 0 Å². The number of thiophene rings is 1. The van der Waals surface area contributed by atoms with Crippen molar-refractivity contribution in [3.8, 4) is 0 Å². The minimum absolute atomic E-state index is 0.291. The summed E-state index contributed by atoms with van der Waals surface area (Å²) in [5.41, 5.74) is 3.18. The molecule has 32 heavy (non-hydrogen) atoms. The number of aromatic nitrogens is 2. The molecule has 1 aliphatic carbocycles. The van der Waals surface area contributed by atoms with Crippen LogP contribution in [0.1, 0.15) is 59.0 Å². The zero-order valence-corrected chi connectivity index (χ0v) is 20.2. The van der Waals surface area contributed by atoms with Crippen molar-refractivity contribution in [3.63, 3.8) is 0 Å². The van der Waals surface area contributed by atoms with Crippen LogP contribution in [0.2, 0.25) is 0 Å². The predicted molar refractivity (Wildman–Crippen MR) is 130 cm³/mol. The number of esters is 1. The second-order valence-corrected chi connectivity index (χ2v) is 9.85. The Morgan fingerprint density at radius 2 is 1.91 bits per heavy atom. The van der Waals surface area contributed by atoms with Gasteiger partial charge in [0.05, 0.1) is 18.1 Å². The Morgan fingerprint density at radius 3 is 2.56 bits per heavy atom. The number of anilines is 1. The maximum Gasteiger partial charge on any atom is 0.337 e. The highest BCUT2D eigenvalue weighted by Gasteiger charge is 2.25. The van der Waals surface area contributed by atoms with Crippen molar-refractivity contribution in [2.75, 3.05) is 19.5 Å². The zero-order chi connectivity index (χ0) is 22.7. The number of carbonyl (C=O) groups is 1. The number of hydrogen-bond donors (Lipinski definition) is 1. The summed E-state index contributed by atoms with van der Waals surface area (Å²) in [4.78, 5) is 25.6. The first kappa shape index (κ1) is 22.7. The van der Waals surface area contributed by atoms with E-state index in [-0.39, 0.29) is 5.97 Å². The quantitative estimate of drug-likeness (QED) is 0.497. The van der Waals surface area contributed by atoms with Gasteiger partial charge in [0.2, 0.25) is 0 Å². The molecular formula is C25H32N4O2S. The lowest BCUT2D eigenvalue weighted by Gasteiger charge is -2.35. The van der Waals surface area contributed by atoms with Gasteiger partial charge in [-0.3, -0.25) is 4.90 Å². The number of rotatable bonds is 7. The van der Waals surface area contributed by atoms with Gasteiger partial charge in [-0.15, -0.1) is 11.3 Å². The normalized spacial score (nSPS) is 18.8. The molecule has 4 rings (SSSR count). The lowest BCUT2D eigenvalue weighted by Crippen LogP contribution is -2.38. The third-order valence-electron chi connectivity index (χ3n) is 6.61. The van der Waals surface area contributed by atoms with Crippen molar-refractivity contribution in [1.82, 2.24) is 14.9 Å². The number of fused-ring (bicyclic) bond motifs is 1. The SMILES string of the molecule is CCc1c(C)sc2ncnc(NC3CCC(N(C)Cc4ccc(C(=O)OC)cc4)CC3)c12. The van der Waals surface area contributed by atoms with Crippen molar-refractivity contribution in [3.05, 3.63) is 52.2 Å². The Hall–Kier alpha value is -2.51. The van der Waals surface area contributed by atoms with Gasteiger partial charge < -0.3 is 10.1 Å². The molecular weight excluding hydrogens is 420 g/mol. The third kappa shape index (κ3) is 4.79. The van der Waals surface area contributed by atoms with Gasteiger partial charge in [-0.2, -0.15) is 0 Å². The number of ether oxygens (including phenoxy) is 1. The van der Waals surface area contributed by atoms with Crippen LogP contribution in [0.5, 0.6) is 0 Å². The summed E-state index contributed by atoms with van der Waals surface area (Å²) in [6.45, 7) is 5.26. The standard InChI is InChI=1S/C25H32N4O2S/c1-5-21-16(2)32-24-22(21)23(26-15-27-24)28-19-10-12-20(13-11-19)29(3)14-17-6-8-18(9-7-17)25(30)31-4/h6-9,15,19-20H,5,10-14H2,1-4H3,(H,26,27,28). The number of aryl methyl sites for hydroxylation is 2. The van der Waals surface area contributed by atoms with Crippen LogP contribution >= 0.6 is 11.3 Å². The van der Waals surface area contributed by atoms with E-state index in [4.69, 9.17) is 4.74 Å². The van der Waals surface area contributed by atoms with Gasteiger partial charge in [0.25, 0.3) is 0 Å². The molecule has 1 fully saturated rings. The highest BCUT2D eigenvalue weighted by molar-refractivity contribution is 7.18. The third-order valence-corrected chi connectivity index (χ3v) is 7.67. The fourth-order valence-corrected chi connectivity index (χ4v) is 5.85. The van der Waals surface area contributed by atoms with Gasteiger partial charge in [-0.05, 0) is 69.3 Å². The number of carbonyl (C=O) groups excluding carboxylic acids is 1. The summed E-state index contributed by atoms with van der Waals surface area (Å²) in [6, 6.07) is 8.73. The molecule has 1 aliphatic rings. The average Bonchev–Trinajstić information content (AvgIpc) is 3.15. The lowest BCUT2D eigenvalue weighted by atomic mass is 9.90. The van der Waals surface area contributed by atoms with Gasteiger partial charge in [-0.25, -0.2) is 14.8 Å². The van der Waals surface area contributed by atoms with E-state index in [9.17, 15) is 4.79 Å². The van der Waals surface area contributed by atoms with Crippen LogP contribution in [0, 0.1) is 6.92 Å². The van der Waals surface area contributed by atoms with E-state index in [1.807, 2.05) is 24.3 Å². The summed E-state index contributed by atoms with van der Waals surface area (Å²) in [5.74, 6) is 0.707. The number of nitrogens with one attached hydrogen (secondary N) is 1. The predicted octanol–water partition coefficient (Wildman–Crippen LogP) is 5.20. The molecule has 1 N–H and O–H groups in total. The molecule has 3 aromatic rings.